The van der Waals surface area contributed by atoms with Crippen LogP contribution in [0.1, 0.15) is 28.4 Å². The summed E-state index contributed by atoms with van der Waals surface area (Å²) in [5.74, 6) is -1.06. The average molecular weight is 402 g/mol. The highest BCUT2D eigenvalue weighted by Crippen LogP contribution is 2.31. The van der Waals surface area contributed by atoms with Crippen molar-refractivity contribution in [3.63, 3.8) is 0 Å². The van der Waals surface area contributed by atoms with E-state index < -0.39 is 28.0 Å². The Bertz CT molecular complexity index is 1020. The third kappa shape index (κ3) is 4.33. The second kappa shape index (κ2) is 7.63. The first kappa shape index (κ1) is 19.9. The maximum Gasteiger partial charge on any atom is 0.338 e. The van der Waals surface area contributed by atoms with Crippen molar-refractivity contribution in [3.8, 4) is 0 Å². The molecule has 8 heteroatoms. The van der Waals surface area contributed by atoms with E-state index in [2.05, 4.69) is 5.32 Å². The molecule has 3 rings (SSSR count). The summed E-state index contributed by atoms with van der Waals surface area (Å²) in [5, 5.41) is 2.70. The van der Waals surface area contributed by atoms with Crippen LogP contribution in [0.25, 0.3) is 0 Å². The van der Waals surface area contributed by atoms with Gasteiger partial charge in [0.15, 0.2) is 6.10 Å². The molecule has 0 saturated heterocycles. The van der Waals surface area contributed by atoms with Gasteiger partial charge in [-0.25, -0.2) is 13.2 Å². The molecule has 148 valence electrons. The Morgan fingerprint density at radius 3 is 2.46 bits per heavy atom. The Hall–Kier alpha value is -2.87. The Labute approximate surface area is 164 Å². The Morgan fingerprint density at radius 1 is 1.14 bits per heavy atom. The number of nitrogens with zero attached hydrogens (tertiary/aromatic N) is 1. The first-order chi connectivity index (χ1) is 13.1. The number of hydrogen-bond acceptors (Lipinski definition) is 5. The fraction of sp³-hybridized carbons (Fsp3) is 0.300. The monoisotopic (exact) mass is 402 g/mol. The van der Waals surface area contributed by atoms with Gasteiger partial charge in [-0.2, -0.15) is 0 Å². The van der Waals surface area contributed by atoms with E-state index in [-0.39, 0.29) is 5.56 Å². The highest BCUT2D eigenvalue weighted by Gasteiger charge is 2.27. The summed E-state index contributed by atoms with van der Waals surface area (Å²) in [7, 11) is -3.35. The number of aryl methyl sites for hydroxylation is 1. The van der Waals surface area contributed by atoms with Gasteiger partial charge < -0.3 is 10.1 Å². The Kier molecular flexibility index (Phi) is 5.42. The molecule has 1 atom stereocenters. The van der Waals surface area contributed by atoms with Crippen LogP contribution in [0.3, 0.4) is 0 Å². The van der Waals surface area contributed by atoms with Gasteiger partial charge in [-0.3, -0.25) is 9.10 Å². The van der Waals surface area contributed by atoms with Gasteiger partial charge in [0.1, 0.15) is 0 Å². The Balaban J connectivity index is 1.66. The molecule has 1 amide bonds. The summed E-state index contributed by atoms with van der Waals surface area (Å²) >= 11 is 0. The average Bonchev–Trinajstić information content (AvgIpc) is 3.07. The van der Waals surface area contributed by atoms with E-state index in [1.165, 1.54) is 17.3 Å². The number of anilines is 2. The third-order valence-corrected chi connectivity index (χ3v) is 5.72. The minimum absolute atomic E-state index is 0.282. The number of carbonyl (C=O) groups excluding carboxylic acids is 2. The highest BCUT2D eigenvalue weighted by molar-refractivity contribution is 7.92. The molecule has 1 aliphatic heterocycles. The van der Waals surface area contributed by atoms with Crippen LogP contribution < -0.4 is 9.62 Å². The predicted octanol–water partition coefficient (Wildman–Crippen LogP) is 2.50. The SMILES string of the molecule is Cc1ccc(NC(=O)[C@@H](C)OC(=O)c2ccc3c(c2)CCN3S(C)(=O)=O)cc1. The fourth-order valence-corrected chi connectivity index (χ4v) is 3.96. The smallest absolute Gasteiger partial charge is 0.338 e. The van der Waals surface area contributed by atoms with E-state index in [0.717, 1.165) is 17.4 Å². The molecule has 1 N–H and O–H groups in total. The minimum atomic E-state index is -3.35. The molecule has 1 heterocycles. The van der Waals surface area contributed by atoms with Crippen LogP contribution in [0, 0.1) is 6.92 Å². The molecule has 2 aromatic carbocycles. The molecule has 1 aliphatic rings. The lowest BCUT2D eigenvalue weighted by Crippen LogP contribution is -2.30. The van der Waals surface area contributed by atoms with Crippen molar-refractivity contribution in [1.82, 2.24) is 0 Å². The summed E-state index contributed by atoms with van der Waals surface area (Å²) in [5.41, 5.74) is 3.31. The maximum absolute atomic E-state index is 12.4. The van der Waals surface area contributed by atoms with E-state index in [4.69, 9.17) is 4.74 Å². The predicted molar refractivity (Wildman–Crippen MR) is 107 cm³/mol. The number of fused-ring (bicyclic) bond motifs is 1. The number of amides is 1. The number of sulfonamides is 1. The molecule has 0 unspecified atom stereocenters. The van der Waals surface area contributed by atoms with Crippen molar-refractivity contribution >= 4 is 33.3 Å². The zero-order valence-corrected chi connectivity index (χ0v) is 16.7. The number of nitrogens with one attached hydrogen (secondary N) is 1. The largest absolute Gasteiger partial charge is 0.449 e. The van der Waals surface area contributed by atoms with Gasteiger partial charge in [-0.15, -0.1) is 0 Å². The van der Waals surface area contributed by atoms with Gasteiger partial charge in [0, 0.05) is 12.2 Å². The zero-order valence-electron chi connectivity index (χ0n) is 15.9. The van der Waals surface area contributed by atoms with E-state index in [1.807, 2.05) is 19.1 Å². The van der Waals surface area contributed by atoms with E-state index in [9.17, 15) is 18.0 Å². The second-order valence-corrected chi connectivity index (χ2v) is 8.74. The molecular formula is C20H22N2O5S. The summed E-state index contributed by atoms with van der Waals surface area (Å²) in [4.78, 5) is 24.6. The molecule has 0 bridgehead atoms. The number of carbonyl (C=O) groups is 2. The van der Waals surface area contributed by atoms with Crippen LogP contribution in [-0.2, 0) is 26.0 Å². The van der Waals surface area contributed by atoms with E-state index >= 15 is 0 Å². The van der Waals surface area contributed by atoms with Crippen molar-refractivity contribution in [3.05, 3.63) is 59.2 Å². The lowest BCUT2D eigenvalue weighted by Gasteiger charge is -2.17. The number of benzene rings is 2. The van der Waals surface area contributed by atoms with Crippen LogP contribution in [0.15, 0.2) is 42.5 Å². The van der Waals surface area contributed by atoms with Crippen molar-refractivity contribution in [1.29, 1.82) is 0 Å². The van der Waals surface area contributed by atoms with Gasteiger partial charge in [0.25, 0.3) is 5.91 Å². The molecule has 0 saturated carbocycles. The number of rotatable bonds is 5. The van der Waals surface area contributed by atoms with E-state index in [0.29, 0.717) is 24.3 Å². The van der Waals surface area contributed by atoms with Crippen molar-refractivity contribution in [2.24, 2.45) is 0 Å². The molecule has 0 spiro atoms. The zero-order chi connectivity index (χ0) is 20.5. The summed E-state index contributed by atoms with van der Waals surface area (Å²) in [6.07, 6.45) is 0.695. The van der Waals surface area contributed by atoms with Crippen LogP contribution >= 0.6 is 0 Å². The maximum atomic E-state index is 12.4. The van der Waals surface area contributed by atoms with Crippen LogP contribution in [-0.4, -0.2) is 39.2 Å². The van der Waals surface area contributed by atoms with Gasteiger partial charge in [0.05, 0.1) is 17.5 Å². The molecule has 0 fully saturated rings. The van der Waals surface area contributed by atoms with Crippen LogP contribution in [0.4, 0.5) is 11.4 Å². The van der Waals surface area contributed by atoms with Gasteiger partial charge in [0.2, 0.25) is 10.0 Å². The number of hydrogen-bond donors (Lipinski definition) is 1. The lowest BCUT2D eigenvalue weighted by atomic mass is 10.1. The molecule has 0 aromatic heterocycles. The fourth-order valence-electron chi connectivity index (χ4n) is 3.01. The highest BCUT2D eigenvalue weighted by atomic mass is 32.2. The lowest BCUT2D eigenvalue weighted by molar-refractivity contribution is -0.123. The quantitative estimate of drug-likeness (QED) is 0.776. The van der Waals surface area contributed by atoms with Crippen molar-refractivity contribution in [2.45, 2.75) is 26.4 Å². The van der Waals surface area contributed by atoms with Gasteiger partial charge >= 0.3 is 5.97 Å². The van der Waals surface area contributed by atoms with Crippen LogP contribution in [0.2, 0.25) is 0 Å². The van der Waals surface area contributed by atoms with Crippen LogP contribution in [0.5, 0.6) is 0 Å². The second-order valence-electron chi connectivity index (χ2n) is 6.83. The molecular weight excluding hydrogens is 380 g/mol. The molecule has 28 heavy (non-hydrogen) atoms. The topological polar surface area (TPSA) is 92.8 Å². The number of esters is 1. The van der Waals surface area contributed by atoms with Gasteiger partial charge in [-0.1, -0.05) is 17.7 Å². The first-order valence-corrected chi connectivity index (χ1v) is 10.7. The van der Waals surface area contributed by atoms with E-state index in [1.54, 1.807) is 24.3 Å². The molecule has 0 radical (unpaired) electrons. The van der Waals surface area contributed by atoms with Gasteiger partial charge in [-0.05, 0) is 56.2 Å². The summed E-state index contributed by atoms with van der Waals surface area (Å²) in [6.45, 7) is 3.80. The Morgan fingerprint density at radius 2 is 1.82 bits per heavy atom. The molecule has 0 aliphatic carbocycles. The number of ether oxygens (including phenoxy) is 1. The standard InChI is InChI=1S/C20H22N2O5S/c1-13-4-7-17(8-5-13)21-19(23)14(2)27-20(24)16-6-9-18-15(12-16)10-11-22(18)28(3,25)26/h4-9,12,14H,10-11H2,1-3H3,(H,21,23)/t14-/m1/s1. The minimum Gasteiger partial charge on any atom is -0.449 e. The molecule has 7 nitrogen and oxygen atoms in total. The summed E-state index contributed by atoms with van der Waals surface area (Å²) < 4.78 is 30.2. The van der Waals surface area contributed by atoms with Crippen molar-refractivity contribution in [2.75, 3.05) is 22.4 Å². The first-order valence-electron chi connectivity index (χ1n) is 8.84. The third-order valence-electron chi connectivity index (χ3n) is 4.54. The molecule has 2 aromatic rings. The van der Waals surface area contributed by atoms with Crippen molar-refractivity contribution < 1.29 is 22.7 Å². The normalized spacial score (nSPS) is 14.3. The summed E-state index contributed by atoms with van der Waals surface area (Å²) in [6, 6.07) is 12.0.